The molecular weight excluding hydrogens is 418 g/mol. The number of thiazole rings is 1. The van der Waals surface area contributed by atoms with Gasteiger partial charge >= 0.3 is 5.69 Å². The summed E-state index contributed by atoms with van der Waals surface area (Å²) in [6, 6.07) is 8.84. The Bertz CT molecular complexity index is 914. The summed E-state index contributed by atoms with van der Waals surface area (Å²) in [5.41, 5.74) is 3.38. The maximum Gasteiger partial charge on any atom is 0.311 e. The predicted octanol–water partition coefficient (Wildman–Crippen LogP) is 1.75. The minimum absolute atomic E-state index is 0. The van der Waals surface area contributed by atoms with Crippen LogP contribution in [-0.2, 0) is 6.42 Å². The molecule has 0 aliphatic heterocycles. The number of pyridine rings is 1. The van der Waals surface area contributed by atoms with E-state index in [1.165, 1.54) is 24.5 Å². The van der Waals surface area contributed by atoms with E-state index in [9.17, 15) is 10.1 Å². The van der Waals surface area contributed by atoms with Crippen molar-refractivity contribution in [2.75, 3.05) is 7.11 Å². The molecule has 0 unspecified atom stereocenters. The highest BCUT2D eigenvalue weighted by Gasteiger charge is 2.17. The molecule has 2 aromatic heterocycles. The topological polar surface area (TPSA) is 78.2 Å². The molecule has 3 rings (SSSR count). The molecule has 6 nitrogen and oxygen atoms in total. The van der Waals surface area contributed by atoms with Crippen LogP contribution in [0.2, 0.25) is 0 Å². The average molecular weight is 435 g/mol. The minimum atomic E-state index is -0.449. The molecule has 0 bridgehead atoms. The third-order valence-electron chi connectivity index (χ3n) is 3.75. The predicted molar refractivity (Wildman–Crippen MR) is 98.0 cm³/mol. The second-order valence-electron chi connectivity index (χ2n) is 5.47. The monoisotopic (exact) mass is 434 g/mol. The Morgan fingerprint density at radius 1 is 1.23 bits per heavy atom. The van der Waals surface area contributed by atoms with Crippen LogP contribution in [0.25, 0.3) is 21.8 Å². The number of methoxy groups -OCH3 is 1. The highest BCUT2D eigenvalue weighted by Crippen LogP contribution is 2.34. The fourth-order valence-corrected chi connectivity index (χ4v) is 3.36. The van der Waals surface area contributed by atoms with Crippen molar-refractivity contribution in [3.8, 4) is 27.6 Å². The number of rotatable bonds is 6. The zero-order chi connectivity index (χ0) is 17.8. The number of benzene rings is 1. The molecule has 0 saturated carbocycles. The molecule has 0 aliphatic rings. The van der Waals surface area contributed by atoms with E-state index >= 15 is 0 Å². The van der Waals surface area contributed by atoms with E-state index < -0.39 is 4.92 Å². The smallest absolute Gasteiger partial charge is 0.311 e. The average Bonchev–Trinajstić information content (AvgIpc) is 3.12. The van der Waals surface area contributed by atoms with Crippen molar-refractivity contribution in [2.24, 2.45) is 0 Å². The molecule has 0 radical (unpaired) electrons. The van der Waals surface area contributed by atoms with Crippen LogP contribution in [0.5, 0.6) is 5.75 Å². The van der Waals surface area contributed by atoms with E-state index in [2.05, 4.69) is 16.9 Å². The molecule has 0 spiro atoms. The van der Waals surface area contributed by atoms with Crippen LogP contribution in [-0.4, -0.2) is 22.0 Å². The second-order valence-corrected chi connectivity index (χ2v) is 6.33. The first-order valence-electron chi connectivity index (χ1n) is 7.86. The first-order valence-corrected chi connectivity index (χ1v) is 8.74. The fourth-order valence-electron chi connectivity index (χ4n) is 2.53. The van der Waals surface area contributed by atoms with Gasteiger partial charge in [-0.3, -0.25) is 15.1 Å². The van der Waals surface area contributed by atoms with Crippen LogP contribution in [0.4, 0.5) is 5.69 Å². The Morgan fingerprint density at radius 2 is 2.04 bits per heavy atom. The third kappa shape index (κ3) is 4.25. The van der Waals surface area contributed by atoms with Gasteiger partial charge in [0.15, 0.2) is 5.75 Å². The summed E-state index contributed by atoms with van der Waals surface area (Å²) < 4.78 is 5.04. The van der Waals surface area contributed by atoms with Crippen LogP contribution < -0.4 is 21.7 Å². The van der Waals surface area contributed by atoms with Crippen LogP contribution in [0.3, 0.4) is 0 Å². The molecule has 0 amide bonds. The Labute approximate surface area is 165 Å². The van der Waals surface area contributed by atoms with Gasteiger partial charge in [0.2, 0.25) is 0 Å². The van der Waals surface area contributed by atoms with Crippen molar-refractivity contribution in [3.63, 3.8) is 0 Å². The van der Waals surface area contributed by atoms with E-state index in [-0.39, 0.29) is 28.4 Å². The molecule has 2 heterocycles. The molecule has 1 aromatic carbocycles. The lowest BCUT2D eigenvalue weighted by Crippen LogP contribution is -3.00. The highest BCUT2D eigenvalue weighted by atomic mass is 79.9. The molecule has 26 heavy (non-hydrogen) atoms. The normalized spacial score (nSPS) is 10.2. The van der Waals surface area contributed by atoms with E-state index in [1.54, 1.807) is 18.3 Å². The van der Waals surface area contributed by atoms with Gasteiger partial charge in [0.05, 0.1) is 17.7 Å². The number of aromatic nitrogens is 2. The molecule has 136 valence electrons. The first kappa shape index (κ1) is 20.0. The lowest BCUT2D eigenvalue weighted by Gasteiger charge is -2.03. The Balaban J connectivity index is 0.00000243. The molecule has 0 atom stereocenters. The third-order valence-corrected chi connectivity index (χ3v) is 4.64. The SMILES string of the molecule is CCCc1cc(-c2nc(-c3ccc(OC)c([N+](=O)[O-])c3)cs2)ccn1.[Br-]. The van der Waals surface area contributed by atoms with Crippen LogP contribution in [0.15, 0.2) is 41.9 Å². The zero-order valence-corrected chi connectivity index (χ0v) is 16.7. The summed E-state index contributed by atoms with van der Waals surface area (Å²) in [6.07, 6.45) is 3.76. The number of aryl methyl sites for hydroxylation is 1. The second kappa shape index (κ2) is 8.86. The quantitative estimate of drug-likeness (QED) is 0.436. The van der Waals surface area contributed by atoms with Gasteiger partial charge in [-0.1, -0.05) is 13.3 Å². The summed E-state index contributed by atoms with van der Waals surface area (Å²) >= 11 is 1.51. The van der Waals surface area contributed by atoms with Crippen molar-refractivity contribution in [3.05, 3.63) is 57.7 Å². The van der Waals surface area contributed by atoms with Crippen LogP contribution >= 0.6 is 11.3 Å². The van der Waals surface area contributed by atoms with E-state index in [0.29, 0.717) is 11.3 Å². The minimum Gasteiger partial charge on any atom is -1.00 e. The maximum absolute atomic E-state index is 11.2. The van der Waals surface area contributed by atoms with Gasteiger partial charge in [0.1, 0.15) is 5.01 Å². The molecule has 0 N–H and O–H groups in total. The van der Waals surface area contributed by atoms with Crippen molar-refractivity contribution in [2.45, 2.75) is 19.8 Å². The fraction of sp³-hybridized carbons (Fsp3) is 0.222. The number of hydrogen-bond donors (Lipinski definition) is 0. The maximum atomic E-state index is 11.2. The van der Waals surface area contributed by atoms with Gasteiger partial charge in [-0.05, 0) is 30.7 Å². The summed E-state index contributed by atoms with van der Waals surface area (Å²) in [4.78, 5) is 19.7. The van der Waals surface area contributed by atoms with Crippen molar-refractivity contribution < 1.29 is 26.6 Å². The first-order chi connectivity index (χ1) is 12.1. The highest BCUT2D eigenvalue weighted by molar-refractivity contribution is 7.13. The van der Waals surface area contributed by atoms with Gasteiger partial charge in [-0.15, -0.1) is 11.3 Å². The summed E-state index contributed by atoms with van der Waals surface area (Å²) in [7, 11) is 1.42. The number of halogens is 1. The van der Waals surface area contributed by atoms with Gasteiger partial charge in [0.25, 0.3) is 0 Å². The van der Waals surface area contributed by atoms with Crippen molar-refractivity contribution in [1.82, 2.24) is 9.97 Å². The van der Waals surface area contributed by atoms with Crippen LogP contribution in [0.1, 0.15) is 19.0 Å². The van der Waals surface area contributed by atoms with Gasteiger partial charge in [-0.2, -0.15) is 0 Å². The summed E-state index contributed by atoms with van der Waals surface area (Å²) in [5, 5.41) is 14.0. The summed E-state index contributed by atoms with van der Waals surface area (Å²) in [6.45, 7) is 2.12. The van der Waals surface area contributed by atoms with Gasteiger partial charge in [0, 0.05) is 34.5 Å². The number of nitrogens with zero attached hydrogens (tertiary/aromatic N) is 3. The Kier molecular flexibility index (Phi) is 6.82. The molecule has 3 aromatic rings. The summed E-state index contributed by atoms with van der Waals surface area (Å²) in [5.74, 6) is 0.238. The molecule has 0 saturated heterocycles. The number of nitro groups is 1. The molecule has 8 heteroatoms. The Hall–Kier alpha value is -2.32. The molecule has 0 aliphatic carbocycles. The lowest BCUT2D eigenvalue weighted by atomic mass is 10.1. The number of nitro benzene ring substituents is 1. The molecule has 0 fully saturated rings. The number of ether oxygens (including phenoxy) is 1. The van der Waals surface area contributed by atoms with Crippen molar-refractivity contribution >= 4 is 17.0 Å². The van der Waals surface area contributed by atoms with Crippen LogP contribution in [0, 0.1) is 10.1 Å². The standard InChI is InChI=1S/C18H17N3O3S.BrH/c1-3-4-14-9-13(7-8-19-14)18-20-15(11-25-18)12-5-6-17(24-2)16(10-12)21(22)23;/h5-11H,3-4H2,1-2H3;1H/p-1. The van der Waals surface area contributed by atoms with E-state index in [0.717, 1.165) is 29.1 Å². The van der Waals surface area contributed by atoms with E-state index in [1.807, 2.05) is 17.5 Å². The molecular formula is C18H17BrN3O3S-. The zero-order valence-electron chi connectivity index (χ0n) is 14.3. The number of hydrogen-bond acceptors (Lipinski definition) is 6. The lowest BCUT2D eigenvalue weighted by molar-refractivity contribution is -0.385. The van der Waals surface area contributed by atoms with Gasteiger partial charge < -0.3 is 21.7 Å². The largest absolute Gasteiger partial charge is 1.00 e. The van der Waals surface area contributed by atoms with Gasteiger partial charge in [-0.25, -0.2) is 4.98 Å². The van der Waals surface area contributed by atoms with E-state index in [4.69, 9.17) is 4.74 Å². The Morgan fingerprint density at radius 3 is 2.73 bits per heavy atom. The van der Waals surface area contributed by atoms with Crippen molar-refractivity contribution in [1.29, 1.82) is 0 Å².